The fourth-order valence-electron chi connectivity index (χ4n) is 1.89. The predicted molar refractivity (Wildman–Crippen MR) is 60.3 cm³/mol. The second-order valence-corrected chi connectivity index (χ2v) is 3.69. The van der Waals surface area contributed by atoms with E-state index in [2.05, 4.69) is 11.9 Å². The lowest BCUT2D eigenvalue weighted by Gasteiger charge is -2.20. The maximum atomic E-state index is 5.34. The monoisotopic (exact) mass is 205 g/mol. The summed E-state index contributed by atoms with van der Waals surface area (Å²) < 4.78 is 10.6. The molecule has 1 aliphatic rings. The average Bonchev–Trinajstić information content (AvgIpc) is 2.27. The van der Waals surface area contributed by atoms with Crippen LogP contribution in [0.2, 0.25) is 0 Å². The second-order valence-electron chi connectivity index (χ2n) is 3.69. The van der Waals surface area contributed by atoms with Crippen molar-refractivity contribution >= 4 is 6.21 Å². The zero-order chi connectivity index (χ0) is 10.8. The molecule has 1 aromatic carbocycles. The van der Waals surface area contributed by atoms with Crippen LogP contribution in [0.5, 0.6) is 11.5 Å². The first kappa shape index (κ1) is 10.0. The average molecular weight is 205 g/mol. The number of benzene rings is 1. The molecule has 0 radical (unpaired) electrons. The third-order valence-corrected chi connectivity index (χ3v) is 2.67. The van der Waals surface area contributed by atoms with E-state index in [0.717, 1.165) is 23.5 Å². The first-order chi connectivity index (χ1) is 7.26. The number of hydrogen-bond acceptors (Lipinski definition) is 3. The molecule has 2 rings (SSSR count). The molecule has 3 heteroatoms. The number of aliphatic imine (C=N–C) groups is 1. The van der Waals surface area contributed by atoms with Crippen LogP contribution in [0.4, 0.5) is 0 Å². The van der Waals surface area contributed by atoms with Crippen LogP contribution in [0.15, 0.2) is 17.1 Å². The van der Waals surface area contributed by atoms with E-state index >= 15 is 0 Å². The van der Waals surface area contributed by atoms with Gasteiger partial charge in [-0.3, -0.25) is 4.99 Å². The van der Waals surface area contributed by atoms with Crippen molar-refractivity contribution < 1.29 is 9.47 Å². The molecule has 1 aliphatic heterocycles. The molecule has 0 bridgehead atoms. The van der Waals surface area contributed by atoms with Gasteiger partial charge in [0.15, 0.2) is 0 Å². The molecule has 1 unspecified atom stereocenters. The van der Waals surface area contributed by atoms with Gasteiger partial charge >= 0.3 is 0 Å². The van der Waals surface area contributed by atoms with Crippen molar-refractivity contribution in [1.29, 1.82) is 0 Å². The summed E-state index contributed by atoms with van der Waals surface area (Å²) in [7, 11) is 3.37. The Bertz CT molecular complexity index is 399. The normalized spacial score (nSPS) is 18.5. The second kappa shape index (κ2) is 3.93. The lowest BCUT2D eigenvalue weighted by atomic mass is 9.97. The summed E-state index contributed by atoms with van der Waals surface area (Å²) in [6, 6.07) is 4.18. The van der Waals surface area contributed by atoms with Crippen molar-refractivity contribution in [2.45, 2.75) is 19.4 Å². The smallest absolute Gasteiger partial charge is 0.128 e. The molecule has 3 nitrogen and oxygen atoms in total. The van der Waals surface area contributed by atoms with E-state index in [0.29, 0.717) is 6.04 Å². The Morgan fingerprint density at radius 2 is 1.87 bits per heavy atom. The van der Waals surface area contributed by atoms with E-state index in [4.69, 9.17) is 9.47 Å². The van der Waals surface area contributed by atoms with E-state index in [1.807, 2.05) is 18.3 Å². The van der Waals surface area contributed by atoms with E-state index in [9.17, 15) is 0 Å². The molecule has 1 aromatic rings. The Hall–Kier alpha value is -1.51. The molecule has 0 saturated heterocycles. The van der Waals surface area contributed by atoms with E-state index < -0.39 is 0 Å². The van der Waals surface area contributed by atoms with Crippen molar-refractivity contribution in [2.75, 3.05) is 14.2 Å². The first-order valence-corrected chi connectivity index (χ1v) is 5.03. The molecule has 0 fully saturated rings. The van der Waals surface area contributed by atoms with Crippen molar-refractivity contribution in [2.24, 2.45) is 4.99 Å². The molecule has 0 aromatic heterocycles. The Morgan fingerprint density at radius 3 is 2.53 bits per heavy atom. The SMILES string of the molecule is COc1ccc(OC)c2c1C=NC(C)C2. The number of methoxy groups -OCH3 is 2. The van der Waals surface area contributed by atoms with Crippen LogP contribution in [0, 0.1) is 0 Å². The van der Waals surface area contributed by atoms with Crippen LogP contribution in [0.1, 0.15) is 18.1 Å². The fraction of sp³-hybridized carbons (Fsp3) is 0.417. The van der Waals surface area contributed by atoms with Gasteiger partial charge in [0.2, 0.25) is 0 Å². The minimum atomic E-state index is 0.318. The summed E-state index contributed by atoms with van der Waals surface area (Å²) in [5.41, 5.74) is 2.24. The van der Waals surface area contributed by atoms with Crippen LogP contribution in [-0.4, -0.2) is 26.5 Å². The topological polar surface area (TPSA) is 30.8 Å². The van der Waals surface area contributed by atoms with Crippen LogP contribution in [-0.2, 0) is 6.42 Å². The maximum absolute atomic E-state index is 5.34. The Kier molecular flexibility index (Phi) is 2.62. The Balaban J connectivity index is 2.56. The van der Waals surface area contributed by atoms with Gasteiger partial charge in [0, 0.05) is 17.3 Å². The summed E-state index contributed by atoms with van der Waals surface area (Å²) in [5, 5.41) is 0. The number of hydrogen-bond donors (Lipinski definition) is 0. The molecule has 0 saturated carbocycles. The summed E-state index contributed by atoms with van der Waals surface area (Å²) in [6.07, 6.45) is 2.79. The van der Waals surface area contributed by atoms with E-state index in [1.165, 1.54) is 5.56 Å². The van der Waals surface area contributed by atoms with Gasteiger partial charge in [0.05, 0.1) is 20.3 Å². The third kappa shape index (κ3) is 1.69. The first-order valence-electron chi connectivity index (χ1n) is 5.03. The van der Waals surface area contributed by atoms with Crippen molar-refractivity contribution in [3.05, 3.63) is 23.3 Å². The van der Waals surface area contributed by atoms with Crippen LogP contribution >= 0.6 is 0 Å². The maximum Gasteiger partial charge on any atom is 0.128 e. The highest BCUT2D eigenvalue weighted by atomic mass is 16.5. The number of nitrogens with zero attached hydrogens (tertiary/aromatic N) is 1. The van der Waals surface area contributed by atoms with Crippen LogP contribution in [0.25, 0.3) is 0 Å². The zero-order valence-corrected chi connectivity index (χ0v) is 9.28. The van der Waals surface area contributed by atoms with Gasteiger partial charge < -0.3 is 9.47 Å². The summed E-state index contributed by atoms with van der Waals surface area (Å²) in [4.78, 5) is 4.39. The van der Waals surface area contributed by atoms with Gasteiger partial charge in [-0.2, -0.15) is 0 Å². The summed E-state index contributed by atoms with van der Waals surface area (Å²) >= 11 is 0. The van der Waals surface area contributed by atoms with Gasteiger partial charge in [-0.05, 0) is 25.5 Å². The van der Waals surface area contributed by atoms with Gasteiger partial charge in [0.25, 0.3) is 0 Å². The fourth-order valence-corrected chi connectivity index (χ4v) is 1.89. The molecule has 1 heterocycles. The van der Waals surface area contributed by atoms with E-state index in [-0.39, 0.29) is 0 Å². The molecule has 80 valence electrons. The highest BCUT2D eigenvalue weighted by molar-refractivity contribution is 5.88. The zero-order valence-electron chi connectivity index (χ0n) is 9.28. The van der Waals surface area contributed by atoms with Crippen LogP contribution < -0.4 is 9.47 Å². The molecular formula is C12H15NO2. The summed E-state index contributed by atoms with van der Waals surface area (Å²) in [6.45, 7) is 2.10. The standard InChI is InChI=1S/C12H15NO2/c1-8-6-9-10(7-13-8)12(15-3)5-4-11(9)14-2/h4-5,7-8H,6H2,1-3H3. The number of fused-ring (bicyclic) bond motifs is 1. The molecular weight excluding hydrogens is 190 g/mol. The Labute approximate surface area is 89.7 Å². The molecule has 15 heavy (non-hydrogen) atoms. The highest BCUT2D eigenvalue weighted by Gasteiger charge is 2.18. The molecule has 0 spiro atoms. The van der Waals surface area contributed by atoms with Crippen LogP contribution in [0.3, 0.4) is 0 Å². The quantitative estimate of drug-likeness (QED) is 0.740. The minimum absolute atomic E-state index is 0.318. The van der Waals surface area contributed by atoms with Gasteiger partial charge in [-0.25, -0.2) is 0 Å². The third-order valence-electron chi connectivity index (χ3n) is 2.67. The highest BCUT2D eigenvalue weighted by Crippen LogP contribution is 2.32. The van der Waals surface area contributed by atoms with E-state index in [1.54, 1.807) is 14.2 Å². The van der Waals surface area contributed by atoms with Crippen molar-refractivity contribution in [1.82, 2.24) is 0 Å². The molecule has 0 aliphatic carbocycles. The number of ether oxygens (including phenoxy) is 2. The lowest BCUT2D eigenvalue weighted by Crippen LogP contribution is -2.13. The minimum Gasteiger partial charge on any atom is -0.496 e. The molecule has 0 amide bonds. The molecule has 0 N–H and O–H groups in total. The van der Waals surface area contributed by atoms with Crippen molar-refractivity contribution in [3.63, 3.8) is 0 Å². The van der Waals surface area contributed by atoms with Gasteiger partial charge in [0.1, 0.15) is 11.5 Å². The molecule has 1 atom stereocenters. The summed E-state index contributed by atoms with van der Waals surface area (Å²) in [5.74, 6) is 1.78. The van der Waals surface area contributed by atoms with Crippen molar-refractivity contribution in [3.8, 4) is 11.5 Å². The lowest BCUT2D eigenvalue weighted by molar-refractivity contribution is 0.396. The number of rotatable bonds is 2. The Morgan fingerprint density at radius 1 is 1.20 bits per heavy atom. The van der Waals surface area contributed by atoms with Gasteiger partial charge in [-0.15, -0.1) is 0 Å². The predicted octanol–water partition coefficient (Wildman–Crippen LogP) is 2.07. The van der Waals surface area contributed by atoms with Gasteiger partial charge in [-0.1, -0.05) is 0 Å². The largest absolute Gasteiger partial charge is 0.496 e.